The summed E-state index contributed by atoms with van der Waals surface area (Å²) in [7, 11) is 0. The molecule has 1 aliphatic heterocycles. The van der Waals surface area contributed by atoms with E-state index in [0.717, 1.165) is 48.0 Å². The summed E-state index contributed by atoms with van der Waals surface area (Å²) in [5, 5.41) is 1.08. The molecule has 0 bridgehead atoms. The number of aromatic nitrogens is 2. The normalized spacial score (nSPS) is 15.1. The molecule has 7 heteroatoms. The van der Waals surface area contributed by atoms with E-state index in [0.29, 0.717) is 10.5 Å². The lowest BCUT2D eigenvalue weighted by Gasteiger charge is -2.19. The third kappa shape index (κ3) is 4.61. The predicted molar refractivity (Wildman–Crippen MR) is 129 cm³/mol. The Bertz CT molecular complexity index is 1360. The Hall–Kier alpha value is -3.26. The van der Waals surface area contributed by atoms with E-state index in [9.17, 15) is 14.1 Å². The molecule has 0 N–H and O–H groups in total. The number of rotatable bonds is 6. The molecule has 2 aromatic heterocycles. The van der Waals surface area contributed by atoms with E-state index in [1.54, 1.807) is 30.6 Å². The van der Waals surface area contributed by atoms with Gasteiger partial charge in [-0.3, -0.25) is 14.6 Å². The lowest BCUT2D eigenvalue weighted by atomic mass is 10.0. The maximum absolute atomic E-state index is 12.9. The highest BCUT2D eigenvalue weighted by molar-refractivity contribution is 7.89. The molecule has 2 aromatic carbocycles. The van der Waals surface area contributed by atoms with Crippen LogP contribution < -0.4 is 5.56 Å². The summed E-state index contributed by atoms with van der Waals surface area (Å²) < 4.78 is 16.0. The first-order valence-corrected chi connectivity index (χ1v) is 12.0. The van der Waals surface area contributed by atoms with Crippen LogP contribution in [0.3, 0.4) is 0 Å². The van der Waals surface area contributed by atoms with Crippen molar-refractivity contribution < 1.29 is 9.35 Å². The molecular formula is C26H23N3O3S. The van der Waals surface area contributed by atoms with Gasteiger partial charge in [0.1, 0.15) is 0 Å². The molecule has 1 atom stereocenters. The second-order valence-electron chi connectivity index (χ2n) is 8.13. The first-order chi connectivity index (χ1) is 16.1. The standard InChI is InChI=1S/C26H23N3O3S/c30-25(18-28-17-23(11-12-26(28)31)33(32)29-14-1-2-15-29)21-8-5-19(6-9-21)22-10-7-20-4-3-13-27-24(20)16-22/h3-13,16-17H,1-2,14-15,18H2. The first-order valence-electron chi connectivity index (χ1n) is 10.9. The van der Waals surface area contributed by atoms with Crippen molar-refractivity contribution in [2.45, 2.75) is 24.3 Å². The fourth-order valence-electron chi connectivity index (χ4n) is 4.08. The van der Waals surface area contributed by atoms with Crippen LogP contribution in [0, 0.1) is 0 Å². The molecule has 5 rings (SSSR count). The lowest BCUT2D eigenvalue weighted by molar-refractivity contribution is 0.0970. The highest BCUT2D eigenvalue weighted by Crippen LogP contribution is 2.24. The molecule has 0 amide bonds. The molecule has 0 saturated carbocycles. The van der Waals surface area contributed by atoms with E-state index >= 15 is 0 Å². The molecule has 3 heterocycles. The maximum Gasteiger partial charge on any atom is 0.251 e. The summed E-state index contributed by atoms with van der Waals surface area (Å²) in [6.07, 6.45) is 5.36. The van der Waals surface area contributed by atoms with Gasteiger partial charge in [-0.2, -0.15) is 0 Å². The van der Waals surface area contributed by atoms with Crippen molar-refractivity contribution in [3.63, 3.8) is 0 Å². The van der Waals surface area contributed by atoms with Crippen LogP contribution in [-0.4, -0.2) is 37.3 Å². The largest absolute Gasteiger partial charge is 0.593 e. The Morgan fingerprint density at radius 3 is 2.52 bits per heavy atom. The van der Waals surface area contributed by atoms with Crippen molar-refractivity contribution in [1.82, 2.24) is 13.9 Å². The van der Waals surface area contributed by atoms with Gasteiger partial charge in [-0.25, -0.2) is 0 Å². The van der Waals surface area contributed by atoms with Crippen LogP contribution in [0.15, 0.2) is 88.8 Å². The molecule has 0 aliphatic carbocycles. The van der Waals surface area contributed by atoms with E-state index in [1.807, 2.05) is 46.8 Å². The van der Waals surface area contributed by atoms with Crippen molar-refractivity contribution in [2.24, 2.45) is 0 Å². The summed E-state index contributed by atoms with van der Waals surface area (Å²) in [5.41, 5.74) is 3.16. The number of carbonyl (C=O) groups is 1. The Kier molecular flexibility index (Phi) is 6.09. The lowest BCUT2D eigenvalue weighted by Crippen LogP contribution is -2.30. The molecule has 166 valence electrons. The van der Waals surface area contributed by atoms with Crippen molar-refractivity contribution in [2.75, 3.05) is 13.1 Å². The number of hydrogen-bond donors (Lipinski definition) is 0. The SMILES string of the molecule is O=C(Cn1cc([S+]([O-])N2CCCC2)ccc1=O)c1ccc(-c2ccc3cccnc3c2)cc1. The number of ketones is 1. The minimum atomic E-state index is -1.31. The van der Waals surface area contributed by atoms with E-state index in [1.165, 1.54) is 10.6 Å². The highest BCUT2D eigenvalue weighted by Gasteiger charge is 2.26. The average Bonchev–Trinajstić information content (AvgIpc) is 3.40. The molecule has 1 saturated heterocycles. The van der Waals surface area contributed by atoms with E-state index < -0.39 is 11.4 Å². The molecular weight excluding hydrogens is 434 g/mol. The Balaban J connectivity index is 1.33. The van der Waals surface area contributed by atoms with Crippen LogP contribution in [0.25, 0.3) is 22.0 Å². The number of pyridine rings is 2. The minimum Gasteiger partial charge on any atom is -0.593 e. The van der Waals surface area contributed by atoms with Crippen molar-refractivity contribution in [3.8, 4) is 11.1 Å². The monoisotopic (exact) mass is 457 g/mol. The molecule has 1 fully saturated rings. The van der Waals surface area contributed by atoms with Crippen molar-refractivity contribution in [1.29, 1.82) is 0 Å². The summed E-state index contributed by atoms with van der Waals surface area (Å²) >= 11 is -1.31. The quantitative estimate of drug-likeness (QED) is 0.322. The fourth-order valence-corrected chi connectivity index (χ4v) is 5.37. The topological polar surface area (TPSA) is 78.3 Å². The van der Waals surface area contributed by atoms with Crippen LogP contribution >= 0.6 is 0 Å². The third-order valence-corrected chi connectivity index (χ3v) is 7.40. The van der Waals surface area contributed by atoms with E-state index in [-0.39, 0.29) is 17.9 Å². The van der Waals surface area contributed by atoms with Crippen LogP contribution in [0.2, 0.25) is 0 Å². The van der Waals surface area contributed by atoms with Gasteiger partial charge in [0.25, 0.3) is 5.56 Å². The summed E-state index contributed by atoms with van der Waals surface area (Å²) in [6, 6.07) is 20.3. The number of nitrogens with zero attached hydrogens (tertiary/aromatic N) is 3. The Morgan fingerprint density at radius 2 is 1.73 bits per heavy atom. The molecule has 6 nitrogen and oxygen atoms in total. The number of fused-ring (bicyclic) bond motifs is 1. The second kappa shape index (κ2) is 9.31. The van der Waals surface area contributed by atoms with Gasteiger partial charge in [0.2, 0.25) is 0 Å². The maximum atomic E-state index is 12.9. The van der Waals surface area contributed by atoms with Gasteiger partial charge in [-0.15, -0.1) is 4.31 Å². The van der Waals surface area contributed by atoms with Gasteiger partial charge >= 0.3 is 0 Å². The third-order valence-electron chi connectivity index (χ3n) is 5.92. The molecule has 1 aliphatic rings. The molecule has 0 radical (unpaired) electrons. The fraction of sp³-hybridized carbons (Fsp3) is 0.192. The van der Waals surface area contributed by atoms with Crippen LogP contribution in [0.5, 0.6) is 0 Å². The second-order valence-corrected chi connectivity index (χ2v) is 9.61. The van der Waals surface area contributed by atoms with Gasteiger partial charge in [-0.1, -0.05) is 42.5 Å². The predicted octanol–water partition coefficient (Wildman–Crippen LogP) is 4.06. The Morgan fingerprint density at radius 1 is 0.970 bits per heavy atom. The van der Waals surface area contributed by atoms with Crippen LogP contribution in [0.4, 0.5) is 0 Å². The van der Waals surface area contributed by atoms with Crippen LogP contribution in [-0.2, 0) is 17.9 Å². The number of hydrogen-bond acceptors (Lipinski definition) is 5. The van der Waals surface area contributed by atoms with Gasteiger partial charge in [0, 0.05) is 42.4 Å². The molecule has 4 aromatic rings. The van der Waals surface area contributed by atoms with Gasteiger partial charge in [-0.05, 0) is 36.1 Å². The molecule has 33 heavy (non-hydrogen) atoms. The van der Waals surface area contributed by atoms with Crippen molar-refractivity contribution >= 4 is 28.0 Å². The Labute approximate surface area is 194 Å². The zero-order chi connectivity index (χ0) is 22.8. The van der Waals surface area contributed by atoms with E-state index in [4.69, 9.17) is 0 Å². The van der Waals surface area contributed by atoms with E-state index in [2.05, 4.69) is 4.98 Å². The van der Waals surface area contributed by atoms with Gasteiger partial charge in [0.05, 0.1) is 29.6 Å². The van der Waals surface area contributed by atoms with Crippen LogP contribution in [0.1, 0.15) is 23.2 Å². The summed E-state index contributed by atoms with van der Waals surface area (Å²) in [6.45, 7) is 1.47. The van der Waals surface area contributed by atoms with Crippen molar-refractivity contribution in [3.05, 3.63) is 95.0 Å². The average molecular weight is 458 g/mol. The summed E-state index contributed by atoms with van der Waals surface area (Å²) in [5.74, 6) is -0.173. The minimum absolute atomic E-state index is 0.0941. The molecule has 1 unspecified atom stereocenters. The highest BCUT2D eigenvalue weighted by atomic mass is 32.2. The smallest absolute Gasteiger partial charge is 0.251 e. The zero-order valence-corrected chi connectivity index (χ0v) is 18.8. The van der Waals surface area contributed by atoms with Gasteiger partial charge < -0.3 is 9.12 Å². The summed E-state index contributed by atoms with van der Waals surface area (Å²) in [4.78, 5) is 30.1. The number of benzene rings is 2. The number of carbonyl (C=O) groups excluding carboxylic acids is 1. The number of Topliss-reactive ketones (excluding diaryl/α,β-unsaturated/α-hetero) is 1. The molecule has 0 spiro atoms. The van der Waals surface area contributed by atoms with Gasteiger partial charge in [0.15, 0.2) is 10.7 Å². The zero-order valence-electron chi connectivity index (χ0n) is 18.0. The first kappa shape index (κ1) is 21.6.